The maximum Gasteiger partial charge on any atom is 0.246 e. The van der Waals surface area contributed by atoms with Crippen LogP contribution in [0.25, 0.3) is 0 Å². The molecule has 290 valence electrons. The van der Waals surface area contributed by atoms with E-state index in [9.17, 15) is 22.8 Å². The van der Waals surface area contributed by atoms with Gasteiger partial charge in [-0.1, -0.05) is 26.3 Å². The molecule has 16 nitrogen and oxygen atoms in total. The molecule has 3 atom stereocenters. The Bertz CT molecular complexity index is 1850. The van der Waals surface area contributed by atoms with Gasteiger partial charge in [-0.25, -0.2) is 18.1 Å². The Hall–Kier alpha value is -4.90. The lowest BCUT2D eigenvalue weighted by Crippen LogP contribution is -2.51. The van der Waals surface area contributed by atoms with Crippen LogP contribution in [0.5, 0.6) is 23.0 Å². The van der Waals surface area contributed by atoms with Crippen molar-refractivity contribution in [1.29, 1.82) is 0 Å². The second-order valence-corrected chi connectivity index (χ2v) is 14.7. The number of hydrogen-bond donors (Lipinski definition) is 3. The normalized spacial score (nSPS) is 19.0. The van der Waals surface area contributed by atoms with Gasteiger partial charge in [0.1, 0.15) is 34.8 Å². The van der Waals surface area contributed by atoms with Gasteiger partial charge in [0.15, 0.2) is 17.3 Å². The summed E-state index contributed by atoms with van der Waals surface area (Å²) in [6.07, 6.45) is 1.34. The number of nitrogens with zero attached hydrogens (tertiary/aromatic N) is 4. The van der Waals surface area contributed by atoms with Gasteiger partial charge in [0.25, 0.3) is 0 Å². The van der Waals surface area contributed by atoms with E-state index in [2.05, 4.69) is 21.0 Å². The van der Waals surface area contributed by atoms with Crippen LogP contribution < -0.4 is 34.9 Å². The van der Waals surface area contributed by atoms with Gasteiger partial charge in [0.05, 0.1) is 34.5 Å². The van der Waals surface area contributed by atoms with Crippen LogP contribution in [0.2, 0.25) is 0 Å². The third-order valence-electron chi connectivity index (χ3n) is 9.11. The molecule has 0 unspecified atom stereocenters. The first kappa shape index (κ1) is 40.9. The highest BCUT2D eigenvalue weighted by atomic mass is 32.2. The standard InChI is InChI=1S/C36H51N7O9S/c1-8-23(2)34-36(46)38-24(3)35-39-31(20-25-12-14-27(50-5)29(19-25)52-7)41-43(35)22-33(45)37-16-10-18-42(17-9-11-32(44)40-34)53(47,48)30-21-26(49-4)13-15-28(30)51-6/h12-15,19,21,23-24,34H,8-11,16-18,20,22H2,1-7H3,(H,37,45)(H,38,46)(H,40,44)/t23-,24+,34-/m0/s1. The molecule has 2 aromatic carbocycles. The number of ether oxygens (including phenoxy) is 4. The van der Waals surface area contributed by atoms with Crippen molar-refractivity contribution >= 4 is 27.7 Å². The van der Waals surface area contributed by atoms with E-state index in [1.165, 1.54) is 35.3 Å². The van der Waals surface area contributed by atoms with E-state index in [0.717, 1.165) is 5.56 Å². The molecule has 0 saturated heterocycles. The van der Waals surface area contributed by atoms with E-state index in [-0.39, 0.29) is 73.8 Å². The van der Waals surface area contributed by atoms with Gasteiger partial charge in [0.2, 0.25) is 27.7 Å². The van der Waals surface area contributed by atoms with E-state index in [1.807, 2.05) is 26.0 Å². The quantitative estimate of drug-likeness (QED) is 0.276. The molecule has 1 aromatic heterocycles. The summed E-state index contributed by atoms with van der Waals surface area (Å²) >= 11 is 0. The molecule has 1 aliphatic rings. The number of methoxy groups -OCH3 is 4. The SMILES string of the molecule is CC[C@H](C)[C@@H]1NC(=O)CCCN(S(=O)(=O)c2cc(OC)ccc2OC)CCCNC(=O)Cn2nc(Cc3ccc(OC)c(OC)c3)nc2[C@@H](C)NC1=O. The summed E-state index contributed by atoms with van der Waals surface area (Å²) in [4.78, 5) is 44.9. The average molecular weight is 758 g/mol. The van der Waals surface area contributed by atoms with Crippen LogP contribution in [0.3, 0.4) is 0 Å². The van der Waals surface area contributed by atoms with Crippen molar-refractivity contribution in [3.63, 3.8) is 0 Å². The highest BCUT2D eigenvalue weighted by Gasteiger charge is 2.31. The lowest BCUT2D eigenvalue weighted by atomic mass is 9.97. The van der Waals surface area contributed by atoms with E-state index in [1.54, 1.807) is 33.3 Å². The van der Waals surface area contributed by atoms with Crippen LogP contribution in [0, 0.1) is 5.92 Å². The molecular formula is C36H51N7O9S. The number of nitrogens with one attached hydrogen (secondary N) is 3. The van der Waals surface area contributed by atoms with Crippen molar-refractivity contribution in [2.45, 2.75) is 76.4 Å². The number of benzene rings is 2. The van der Waals surface area contributed by atoms with Crippen LogP contribution in [0.1, 0.15) is 69.7 Å². The molecule has 0 radical (unpaired) electrons. The average Bonchev–Trinajstić information content (AvgIpc) is 3.54. The minimum Gasteiger partial charge on any atom is -0.497 e. The van der Waals surface area contributed by atoms with Crippen LogP contribution in [-0.2, 0) is 37.4 Å². The number of rotatable bonds is 10. The number of sulfonamides is 1. The first-order valence-corrected chi connectivity index (χ1v) is 19.0. The molecule has 53 heavy (non-hydrogen) atoms. The number of hydrogen-bond acceptors (Lipinski definition) is 11. The largest absolute Gasteiger partial charge is 0.497 e. The lowest BCUT2D eigenvalue weighted by Gasteiger charge is -2.26. The van der Waals surface area contributed by atoms with Gasteiger partial charge in [-0.2, -0.15) is 9.40 Å². The van der Waals surface area contributed by atoms with Crippen LogP contribution >= 0.6 is 0 Å². The Morgan fingerprint density at radius 1 is 0.887 bits per heavy atom. The van der Waals surface area contributed by atoms with Crippen molar-refractivity contribution in [3.05, 3.63) is 53.6 Å². The van der Waals surface area contributed by atoms with Gasteiger partial charge in [-0.3, -0.25) is 14.4 Å². The molecule has 3 N–H and O–H groups in total. The van der Waals surface area contributed by atoms with Crippen LogP contribution in [0.15, 0.2) is 41.3 Å². The molecule has 0 saturated carbocycles. The predicted molar refractivity (Wildman–Crippen MR) is 195 cm³/mol. The van der Waals surface area contributed by atoms with Crippen molar-refractivity contribution in [2.24, 2.45) is 5.92 Å². The molecule has 2 heterocycles. The van der Waals surface area contributed by atoms with Gasteiger partial charge >= 0.3 is 0 Å². The number of carbonyl (C=O) groups excluding carboxylic acids is 3. The Labute approximate surface area is 311 Å². The zero-order chi connectivity index (χ0) is 38.7. The summed E-state index contributed by atoms with van der Waals surface area (Å²) in [5.41, 5.74) is 0.837. The molecule has 3 aromatic rings. The first-order valence-electron chi connectivity index (χ1n) is 17.6. The van der Waals surface area contributed by atoms with Crippen LogP contribution in [-0.4, -0.2) is 99.3 Å². The summed E-state index contributed by atoms with van der Waals surface area (Å²) < 4.78 is 52.2. The van der Waals surface area contributed by atoms with E-state index < -0.39 is 28.0 Å². The number of aromatic nitrogens is 3. The maximum absolute atomic E-state index is 14.0. The Kier molecular flexibility index (Phi) is 14.4. The van der Waals surface area contributed by atoms with E-state index >= 15 is 0 Å². The van der Waals surface area contributed by atoms with Crippen LogP contribution in [0.4, 0.5) is 0 Å². The molecule has 0 fully saturated rings. The zero-order valence-electron chi connectivity index (χ0n) is 31.4. The minimum absolute atomic E-state index is 0.00640. The predicted octanol–water partition coefficient (Wildman–Crippen LogP) is 2.60. The Morgan fingerprint density at radius 3 is 2.26 bits per heavy atom. The summed E-state index contributed by atoms with van der Waals surface area (Å²) in [7, 11) is 1.78. The van der Waals surface area contributed by atoms with Crippen molar-refractivity contribution in [1.82, 2.24) is 35.0 Å². The Morgan fingerprint density at radius 2 is 1.58 bits per heavy atom. The smallest absolute Gasteiger partial charge is 0.246 e. The second-order valence-electron chi connectivity index (χ2n) is 12.8. The van der Waals surface area contributed by atoms with Gasteiger partial charge < -0.3 is 34.9 Å². The highest BCUT2D eigenvalue weighted by Crippen LogP contribution is 2.31. The third-order valence-corrected chi connectivity index (χ3v) is 11.0. The topological polar surface area (TPSA) is 192 Å². The Balaban J connectivity index is 1.65. The van der Waals surface area contributed by atoms with Crippen molar-refractivity contribution < 1.29 is 41.7 Å². The molecule has 0 aliphatic carbocycles. The summed E-state index contributed by atoms with van der Waals surface area (Å²) in [6.45, 7) is 5.54. The van der Waals surface area contributed by atoms with E-state index in [0.29, 0.717) is 41.7 Å². The summed E-state index contributed by atoms with van der Waals surface area (Å²) in [5.74, 6) is 0.946. The molecular weight excluding hydrogens is 707 g/mol. The molecule has 3 amide bonds. The van der Waals surface area contributed by atoms with E-state index in [4.69, 9.17) is 23.9 Å². The molecule has 17 heteroatoms. The van der Waals surface area contributed by atoms with Gasteiger partial charge in [-0.15, -0.1) is 0 Å². The molecule has 1 aliphatic heterocycles. The molecule has 4 rings (SSSR count). The van der Waals surface area contributed by atoms with Crippen molar-refractivity contribution in [2.75, 3.05) is 48.1 Å². The fraction of sp³-hybridized carbons (Fsp3) is 0.528. The zero-order valence-corrected chi connectivity index (χ0v) is 32.2. The number of fused-ring (bicyclic) bond motifs is 1. The highest BCUT2D eigenvalue weighted by molar-refractivity contribution is 7.89. The number of amides is 3. The first-order chi connectivity index (χ1) is 25.3. The van der Waals surface area contributed by atoms with Crippen molar-refractivity contribution in [3.8, 4) is 23.0 Å². The second kappa shape index (κ2) is 18.7. The third kappa shape index (κ3) is 10.4. The molecule has 0 spiro atoms. The maximum atomic E-state index is 14.0. The van der Waals surface area contributed by atoms with Gasteiger partial charge in [-0.05, 0) is 55.5 Å². The van der Waals surface area contributed by atoms with Gasteiger partial charge in [0, 0.05) is 38.5 Å². The fourth-order valence-electron chi connectivity index (χ4n) is 5.97. The lowest BCUT2D eigenvalue weighted by molar-refractivity contribution is -0.130. The fourth-order valence-corrected chi connectivity index (χ4v) is 7.66. The minimum atomic E-state index is -4.13. The monoisotopic (exact) mass is 757 g/mol. The molecule has 0 bridgehead atoms. The summed E-state index contributed by atoms with van der Waals surface area (Å²) in [5, 5.41) is 13.3. The number of carbonyl (C=O) groups is 3. The summed E-state index contributed by atoms with van der Waals surface area (Å²) in [6, 6.07) is 8.41.